The summed E-state index contributed by atoms with van der Waals surface area (Å²) in [6, 6.07) is 0. The SMILES string of the molecule is Cn1ccnc1CCC(C)(O)CCNC(C)(C)C. The van der Waals surface area contributed by atoms with Crippen LogP contribution in [0, 0.1) is 0 Å². The smallest absolute Gasteiger partial charge is 0.108 e. The number of aryl methyl sites for hydroxylation is 2. The van der Waals surface area contributed by atoms with Crippen molar-refractivity contribution in [3.05, 3.63) is 18.2 Å². The fraction of sp³-hybridized carbons (Fsp3) is 0.786. The highest BCUT2D eigenvalue weighted by Gasteiger charge is 2.21. The van der Waals surface area contributed by atoms with Gasteiger partial charge in [-0.2, -0.15) is 0 Å². The Bertz CT molecular complexity index is 363. The van der Waals surface area contributed by atoms with Crippen LogP contribution in [0.3, 0.4) is 0 Å². The maximum Gasteiger partial charge on any atom is 0.108 e. The van der Waals surface area contributed by atoms with Crippen molar-refractivity contribution in [2.75, 3.05) is 6.54 Å². The number of nitrogens with zero attached hydrogens (tertiary/aromatic N) is 2. The molecule has 0 amide bonds. The largest absolute Gasteiger partial charge is 0.390 e. The van der Waals surface area contributed by atoms with Crippen molar-refractivity contribution in [3.8, 4) is 0 Å². The van der Waals surface area contributed by atoms with Crippen LogP contribution in [0.5, 0.6) is 0 Å². The van der Waals surface area contributed by atoms with E-state index in [1.165, 1.54) is 0 Å². The van der Waals surface area contributed by atoms with E-state index in [0.717, 1.165) is 31.6 Å². The van der Waals surface area contributed by atoms with Crippen LogP contribution in [0.25, 0.3) is 0 Å². The van der Waals surface area contributed by atoms with Gasteiger partial charge in [-0.3, -0.25) is 0 Å². The van der Waals surface area contributed by atoms with Crippen molar-refractivity contribution in [3.63, 3.8) is 0 Å². The normalized spacial score (nSPS) is 15.7. The van der Waals surface area contributed by atoms with Crippen LogP contribution in [-0.4, -0.2) is 32.3 Å². The van der Waals surface area contributed by atoms with Gasteiger partial charge in [0.05, 0.1) is 5.60 Å². The molecule has 0 aromatic carbocycles. The zero-order chi connectivity index (χ0) is 13.8. The maximum atomic E-state index is 10.3. The van der Waals surface area contributed by atoms with Gasteiger partial charge >= 0.3 is 0 Å². The highest BCUT2D eigenvalue weighted by molar-refractivity contribution is 4.93. The first kappa shape index (κ1) is 15.2. The van der Waals surface area contributed by atoms with Crippen LogP contribution in [0.1, 0.15) is 46.4 Å². The van der Waals surface area contributed by atoms with Crippen LogP contribution in [0.15, 0.2) is 12.4 Å². The lowest BCUT2D eigenvalue weighted by Crippen LogP contribution is -2.40. The van der Waals surface area contributed by atoms with E-state index in [2.05, 4.69) is 31.1 Å². The molecule has 0 radical (unpaired) electrons. The van der Waals surface area contributed by atoms with Gasteiger partial charge in [0.15, 0.2) is 0 Å². The Hall–Kier alpha value is -0.870. The first-order valence-corrected chi connectivity index (χ1v) is 6.63. The third kappa shape index (κ3) is 5.65. The van der Waals surface area contributed by atoms with Gasteiger partial charge in [-0.1, -0.05) is 0 Å². The fourth-order valence-electron chi connectivity index (χ4n) is 1.85. The molecule has 0 fully saturated rings. The van der Waals surface area contributed by atoms with Gasteiger partial charge in [-0.05, 0) is 47.1 Å². The third-order valence-corrected chi connectivity index (χ3v) is 3.13. The summed E-state index contributed by atoms with van der Waals surface area (Å²) in [6.07, 6.45) is 6.04. The molecule has 0 saturated carbocycles. The zero-order valence-electron chi connectivity index (χ0n) is 12.3. The van der Waals surface area contributed by atoms with Gasteiger partial charge in [0, 0.05) is 31.4 Å². The lowest BCUT2D eigenvalue weighted by molar-refractivity contribution is 0.0404. The Balaban J connectivity index is 2.33. The quantitative estimate of drug-likeness (QED) is 0.814. The van der Waals surface area contributed by atoms with Crippen LogP contribution in [-0.2, 0) is 13.5 Å². The first-order chi connectivity index (χ1) is 8.20. The number of imidazole rings is 1. The molecule has 2 N–H and O–H groups in total. The number of hydrogen-bond acceptors (Lipinski definition) is 3. The van der Waals surface area contributed by atoms with Gasteiger partial charge in [0.25, 0.3) is 0 Å². The number of aliphatic hydroxyl groups is 1. The summed E-state index contributed by atoms with van der Waals surface area (Å²) in [6.45, 7) is 9.14. The van der Waals surface area contributed by atoms with Crippen molar-refractivity contribution < 1.29 is 5.11 Å². The van der Waals surface area contributed by atoms with E-state index >= 15 is 0 Å². The molecule has 0 aliphatic heterocycles. The van der Waals surface area contributed by atoms with Gasteiger partial charge in [-0.25, -0.2) is 4.98 Å². The number of hydrogen-bond donors (Lipinski definition) is 2. The Kier molecular flexibility index (Phi) is 4.93. The average molecular weight is 253 g/mol. The van der Waals surface area contributed by atoms with Gasteiger partial charge in [-0.15, -0.1) is 0 Å². The highest BCUT2D eigenvalue weighted by atomic mass is 16.3. The van der Waals surface area contributed by atoms with E-state index in [1.807, 2.05) is 24.7 Å². The summed E-state index contributed by atoms with van der Waals surface area (Å²) in [7, 11) is 1.98. The molecule has 1 unspecified atom stereocenters. The Labute approximate surface area is 110 Å². The fourth-order valence-corrected chi connectivity index (χ4v) is 1.85. The molecule has 1 atom stereocenters. The van der Waals surface area contributed by atoms with E-state index in [4.69, 9.17) is 0 Å². The minimum atomic E-state index is -0.635. The summed E-state index contributed by atoms with van der Waals surface area (Å²) < 4.78 is 2.00. The molecule has 1 aromatic rings. The monoisotopic (exact) mass is 253 g/mol. The predicted octanol–water partition coefficient (Wildman–Crippen LogP) is 1.88. The van der Waals surface area contributed by atoms with E-state index < -0.39 is 5.60 Å². The van der Waals surface area contributed by atoms with E-state index in [9.17, 15) is 5.11 Å². The first-order valence-electron chi connectivity index (χ1n) is 6.63. The number of nitrogens with one attached hydrogen (secondary N) is 1. The zero-order valence-corrected chi connectivity index (χ0v) is 12.3. The number of rotatable bonds is 6. The second kappa shape index (κ2) is 5.85. The van der Waals surface area contributed by atoms with Crippen molar-refractivity contribution in [1.29, 1.82) is 0 Å². The van der Waals surface area contributed by atoms with Crippen LogP contribution >= 0.6 is 0 Å². The molecule has 18 heavy (non-hydrogen) atoms. The lowest BCUT2D eigenvalue weighted by atomic mass is 9.95. The maximum absolute atomic E-state index is 10.3. The summed E-state index contributed by atoms with van der Waals surface area (Å²) in [5.41, 5.74) is -0.528. The molecule has 4 nitrogen and oxygen atoms in total. The van der Waals surface area contributed by atoms with Gasteiger partial charge in [0.1, 0.15) is 5.82 Å². The molecule has 0 aliphatic carbocycles. The van der Waals surface area contributed by atoms with Crippen LogP contribution in [0.2, 0.25) is 0 Å². The Morgan fingerprint density at radius 3 is 2.44 bits per heavy atom. The molecule has 0 bridgehead atoms. The Morgan fingerprint density at radius 2 is 1.94 bits per heavy atom. The van der Waals surface area contributed by atoms with E-state index in [-0.39, 0.29) is 5.54 Å². The van der Waals surface area contributed by atoms with Gasteiger partial charge < -0.3 is 15.0 Å². The average Bonchev–Trinajstić information content (AvgIpc) is 2.59. The summed E-state index contributed by atoms with van der Waals surface area (Å²) in [4.78, 5) is 4.27. The summed E-state index contributed by atoms with van der Waals surface area (Å²) >= 11 is 0. The van der Waals surface area contributed by atoms with Gasteiger partial charge in [0.2, 0.25) is 0 Å². The third-order valence-electron chi connectivity index (χ3n) is 3.13. The second-order valence-corrected chi connectivity index (χ2v) is 6.38. The highest BCUT2D eigenvalue weighted by Crippen LogP contribution is 2.17. The predicted molar refractivity (Wildman–Crippen MR) is 74.5 cm³/mol. The molecule has 4 heteroatoms. The Morgan fingerprint density at radius 1 is 1.28 bits per heavy atom. The van der Waals surface area contributed by atoms with Crippen LogP contribution < -0.4 is 5.32 Å². The minimum absolute atomic E-state index is 0.107. The molecule has 1 aromatic heterocycles. The van der Waals surface area contributed by atoms with Crippen molar-refractivity contribution in [2.45, 2.75) is 58.1 Å². The van der Waals surface area contributed by atoms with Crippen molar-refractivity contribution in [2.24, 2.45) is 7.05 Å². The van der Waals surface area contributed by atoms with Crippen molar-refractivity contribution >= 4 is 0 Å². The number of aromatic nitrogens is 2. The molecule has 104 valence electrons. The molecular formula is C14H27N3O. The lowest BCUT2D eigenvalue weighted by Gasteiger charge is -2.27. The minimum Gasteiger partial charge on any atom is -0.390 e. The van der Waals surface area contributed by atoms with E-state index in [1.54, 1.807) is 6.20 Å². The molecule has 0 aliphatic rings. The molecule has 1 heterocycles. The molecular weight excluding hydrogens is 226 g/mol. The molecule has 0 saturated heterocycles. The van der Waals surface area contributed by atoms with E-state index in [0.29, 0.717) is 0 Å². The topological polar surface area (TPSA) is 50.1 Å². The molecule has 0 spiro atoms. The second-order valence-electron chi connectivity index (χ2n) is 6.38. The standard InChI is InChI=1S/C14H27N3O/c1-13(2,3)16-9-8-14(4,18)7-6-12-15-10-11-17(12)5/h10-11,16,18H,6-9H2,1-5H3. The summed E-state index contributed by atoms with van der Waals surface area (Å²) in [5, 5.41) is 13.7. The van der Waals surface area contributed by atoms with Crippen molar-refractivity contribution in [1.82, 2.24) is 14.9 Å². The summed E-state index contributed by atoms with van der Waals surface area (Å²) in [5.74, 6) is 1.03. The molecule has 1 rings (SSSR count). The van der Waals surface area contributed by atoms with Crippen LogP contribution in [0.4, 0.5) is 0 Å².